The fourth-order valence-electron chi connectivity index (χ4n) is 3.79. The monoisotopic (exact) mass is 432 g/mol. The standard InChI is InChI=1S/C29H52O2/c1-9-10-11-20-26(5)28(7)29(8)31-27(6)21-14-18-24(3)16-12-15-23(2)17-13-19-25(4)22-30/h11,17,20,22,24-26,28-29H,6,9-10,12-16,18-19,21H2,1-5,7-8H3/b20-11-,23-17+. The van der Waals surface area contributed by atoms with Crippen LogP contribution in [-0.2, 0) is 9.53 Å². The SMILES string of the molecule is C=C(CCCC(C)CCC/C(C)=C/CCC(C)C=O)OC(C)C(C)C(C)/C=C\CCC. The van der Waals surface area contributed by atoms with Gasteiger partial charge in [-0.05, 0) is 70.1 Å². The van der Waals surface area contributed by atoms with Gasteiger partial charge in [0.15, 0.2) is 0 Å². The average Bonchev–Trinajstić information content (AvgIpc) is 2.72. The quantitative estimate of drug-likeness (QED) is 0.116. The number of aldehydes is 1. The smallest absolute Gasteiger partial charge is 0.122 e. The van der Waals surface area contributed by atoms with Crippen molar-refractivity contribution in [3.63, 3.8) is 0 Å². The van der Waals surface area contributed by atoms with Crippen LogP contribution in [0.3, 0.4) is 0 Å². The molecule has 0 aliphatic carbocycles. The van der Waals surface area contributed by atoms with Crippen LogP contribution in [0.4, 0.5) is 0 Å². The summed E-state index contributed by atoms with van der Waals surface area (Å²) < 4.78 is 6.14. The maximum Gasteiger partial charge on any atom is 0.122 e. The number of rotatable bonds is 19. The van der Waals surface area contributed by atoms with Crippen LogP contribution < -0.4 is 0 Å². The Balaban J connectivity index is 3.99. The summed E-state index contributed by atoms with van der Waals surface area (Å²) in [6, 6.07) is 0. The van der Waals surface area contributed by atoms with E-state index in [1.807, 2.05) is 6.92 Å². The van der Waals surface area contributed by atoms with E-state index in [0.29, 0.717) is 11.8 Å². The Bertz CT molecular complexity index is 531. The van der Waals surface area contributed by atoms with E-state index in [0.717, 1.165) is 50.1 Å². The summed E-state index contributed by atoms with van der Waals surface area (Å²) in [6.45, 7) is 19.7. The highest BCUT2D eigenvalue weighted by Crippen LogP contribution is 2.24. The lowest BCUT2D eigenvalue weighted by molar-refractivity contribution is -0.110. The van der Waals surface area contributed by atoms with Crippen LogP contribution in [0.15, 0.2) is 36.1 Å². The second kappa shape index (κ2) is 18.3. The molecule has 0 aliphatic rings. The highest BCUT2D eigenvalue weighted by molar-refractivity contribution is 5.52. The van der Waals surface area contributed by atoms with Crippen LogP contribution >= 0.6 is 0 Å². The summed E-state index contributed by atoms with van der Waals surface area (Å²) in [5, 5.41) is 0. The molecule has 180 valence electrons. The van der Waals surface area contributed by atoms with E-state index in [4.69, 9.17) is 4.74 Å². The maximum absolute atomic E-state index is 10.7. The molecule has 0 saturated carbocycles. The molecular formula is C29H52O2. The number of hydrogen-bond donors (Lipinski definition) is 0. The summed E-state index contributed by atoms with van der Waals surface area (Å²) in [5.41, 5.74) is 1.47. The third-order valence-corrected chi connectivity index (χ3v) is 6.59. The number of ether oxygens (including phenoxy) is 1. The minimum absolute atomic E-state index is 0.181. The summed E-state index contributed by atoms with van der Waals surface area (Å²) in [5.74, 6) is 2.89. The van der Waals surface area contributed by atoms with Crippen molar-refractivity contribution in [1.29, 1.82) is 0 Å². The first kappa shape index (κ1) is 29.7. The molecular weight excluding hydrogens is 380 g/mol. The topological polar surface area (TPSA) is 26.3 Å². The first-order chi connectivity index (χ1) is 14.7. The van der Waals surface area contributed by atoms with Crippen molar-refractivity contribution in [3.8, 4) is 0 Å². The molecule has 0 radical (unpaired) electrons. The predicted molar refractivity (Wildman–Crippen MR) is 137 cm³/mol. The van der Waals surface area contributed by atoms with Crippen LogP contribution in [0.25, 0.3) is 0 Å². The van der Waals surface area contributed by atoms with Gasteiger partial charge in [0.05, 0.1) is 11.9 Å². The molecule has 5 atom stereocenters. The fourth-order valence-corrected chi connectivity index (χ4v) is 3.79. The first-order valence-electron chi connectivity index (χ1n) is 12.8. The maximum atomic E-state index is 10.7. The van der Waals surface area contributed by atoms with Gasteiger partial charge in [-0.25, -0.2) is 0 Å². The number of hydrogen-bond acceptors (Lipinski definition) is 2. The Hall–Kier alpha value is -1.31. The molecule has 0 saturated heterocycles. The fraction of sp³-hybridized carbons (Fsp3) is 0.759. The normalized spacial score (nSPS) is 17.2. The zero-order chi connectivity index (χ0) is 23.6. The molecule has 0 N–H and O–H groups in total. The zero-order valence-electron chi connectivity index (χ0n) is 21.8. The van der Waals surface area contributed by atoms with Gasteiger partial charge in [0.1, 0.15) is 6.29 Å². The third-order valence-electron chi connectivity index (χ3n) is 6.59. The first-order valence-corrected chi connectivity index (χ1v) is 12.8. The number of carbonyl (C=O) groups is 1. The second-order valence-electron chi connectivity index (χ2n) is 9.93. The Morgan fingerprint density at radius 2 is 1.61 bits per heavy atom. The molecule has 0 spiro atoms. The summed E-state index contributed by atoms with van der Waals surface area (Å²) in [4.78, 5) is 10.7. The average molecular weight is 433 g/mol. The van der Waals surface area contributed by atoms with Crippen molar-refractivity contribution < 1.29 is 9.53 Å². The van der Waals surface area contributed by atoms with Gasteiger partial charge in [-0.15, -0.1) is 0 Å². The van der Waals surface area contributed by atoms with Crippen molar-refractivity contribution in [2.24, 2.45) is 23.7 Å². The molecule has 0 aromatic carbocycles. The van der Waals surface area contributed by atoms with E-state index in [9.17, 15) is 4.79 Å². The molecule has 2 nitrogen and oxygen atoms in total. The van der Waals surface area contributed by atoms with Gasteiger partial charge in [-0.3, -0.25) is 0 Å². The van der Waals surface area contributed by atoms with Crippen LogP contribution in [-0.4, -0.2) is 12.4 Å². The Morgan fingerprint density at radius 3 is 2.23 bits per heavy atom. The number of unbranched alkanes of at least 4 members (excludes halogenated alkanes) is 1. The lowest BCUT2D eigenvalue weighted by Gasteiger charge is -2.26. The molecule has 0 fully saturated rings. The third kappa shape index (κ3) is 16.0. The number of allylic oxidation sites excluding steroid dienone is 5. The molecule has 0 aliphatic heterocycles. The highest BCUT2D eigenvalue weighted by Gasteiger charge is 2.19. The summed E-state index contributed by atoms with van der Waals surface area (Å²) in [7, 11) is 0. The van der Waals surface area contributed by atoms with E-state index in [2.05, 4.69) is 66.3 Å². The van der Waals surface area contributed by atoms with Gasteiger partial charge in [0.2, 0.25) is 0 Å². The lowest BCUT2D eigenvalue weighted by atomic mass is 9.90. The number of carbonyl (C=O) groups excluding carboxylic acids is 1. The molecule has 5 unspecified atom stereocenters. The van der Waals surface area contributed by atoms with Gasteiger partial charge in [-0.2, -0.15) is 0 Å². The Kier molecular flexibility index (Phi) is 17.5. The summed E-state index contributed by atoms with van der Waals surface area (Å²) >= 11 is 0. The van der Waals surface area contributed by atoms with Gasteiger partial charge in [-0.1, -0.05) is 84.3 Å². The molecule has 0 rings (SSSR count). The van der Waals surface area contributed by atoms with E-state index < -0.39 is 0 Å². The molecule has 0 bridgehead atoms. The lowest BCUT2D eigenvalue weighted by Crippen LogP contribution is -2.23. The van der Waals surface area contributed by atoms with Gasteiger partial charge in [0, 0.05) is 12.3 Å². The highest BCUT2D eigenvalue weighted by atomic mass is 16.5. The Morgan fingerprint density at radius 1 is 0.968 bits per heavy atom. The second-order valence-corrected chi connectivity index (χ2v) is 9.93. The minimum atomic E-state index is 0.181. The Labute approximate surface area is 194 Å². The molecule has 31 heavy (non-hydrogen) atoms. The van der Waals surface area contributed by atoms with Crippen molar-refractivity contribution in [1.82, 2.24) is 0 Å². The molecule has 2 heteroatoms. The van der Waals surface area contributed by atoms with Crippen molar-refractivity contribution >= 4 is 6.29 Å². The summed E-state index contributed by atoms with van der Waals surface area (Å²) in [6.07, 6.45) is 19.6. The molecule has 0 aromatic rings. The zero-order valence-corrected chi connectivity index (χ0v) is 21.8. The molecule has 0 heterocycles. The molecule has 0 aromatic heterocycles. The van der Waals surface area contributed by atoms with Crippen molar-refractivity contribution in [2.75, 3.05) is 0 Å². The van der Waals surface area contributed by atoms with E-state index in [1.54, 1.807) is 0 Å². The van der Waals surface area contributed by atoms with Crippen LogP contribution in [0, 0.1) is 23.7 Å². The predicted octanol–water partition coefficient (Wildman–Crippen LogP) is 9.07. The van der Waals surface area contributed by atoms with Gasteiger partial charge in [0.25, 0.3) is 0 Å². The van der Waals surface area contributed by atoms with Crippen molar-refractivity contribution in [3.05, 3.63) is 36.1 Å². The van der Waals surface area contributed by atoms with Crippen molar-refractivity contribution in [2.45, 2.75) is 119 Å². The van der Waals surface area contributed by atoms with Crippen LogP contribution in [0.5, 0.6) is 0 Å². The largest absolute Gasteiger partial charge is 0.495 e. The van der Waals surface area contributed by atoms with Crippen LogP contribution in [0.2, 0.25) is 0 Å². The molecule has 0 amide bonds. The van der Waals surface area contributed by atoms with Gasteiger partial charge < -0.3 is 9.53 Å². The van der Waals surface area contributed by atoms with Gasteiger partial charge >= 0.3 is 0 Å². The minimum Gasteiger partial charge on any atom is -0.495 e. The van der Waals surface area contributed by atoms with E-state index in [-0.39, 0.29) is 12.0 Å². The van der Waals surface area contributed by atoms with Crippen LogP contribution in [0.1, 0.15) is 113 Å². The van der Waals surface area contributed by atoms with E-state index >= 15 is 0 Å². The van der Waals surface area contributed by atoms with E-state index in [1.165, 1.54) is 37.7 Å².